The monoisotopic (exact) mass is 1060 g/mol. The number of aliphatic hydroxyl groups excluding tert-OH is 3. The van der Waals surface area contributed by atoms with Crippen molar-refractivity contribution in [1.29, 1.82) is 0 Å². The van der Waals surface area contributed by atoms with Crippen LogP contribution < -0.4 is 0 Å². The van der Waals surface area contributed by atoms with Crippen molar-refractivity contribution in [3.63, 3.8) is 0 Å². The van der Waals surface area contributed by atoms with Crippen LogP contribution in [0.1, 0.15) is 316 Å². The minimum absolute atomic E-state index is 0.0459. The smallest absolute Gasteiger partial charge is 0.397 e. The Kier molecular flexibility index (Phi) is 49.8. The number of hydrogen-bond acceptors (Lipinski definition) is 11. The number of rotatable bonds is 57. The second-order valence-corrected chi connectivity index (χ2v) is 23.1. The molecule has 1 rings (SSSR count). The fourth-order valence-electron chi connectivity index (χ4n) is 10.3. The summed E-state index contributed by atoms with van der Waals surface area (Å²) in [6.07, 6.45) is 51.5. The number of carbonyl (C=O) groups is 1. The van der Waals surface area contributed by atoms with Crippen molar-refractivity contribution in [1.82, 2.24) is 0 Å². The first-order valence-corrected chi connectivity index (χ1v) is 32.7. The molecule has 73 heavy (non-hydrogen) atoms. The molecular weight excluding hydrogens is 945 g/mol. The summed E-state index contributed by atoms with van der Waals surface area (Å²) in [7, 11) is -5.06. The number of ether oxygens (including phenoxy) is 4. The van der Waals surface area contributed by atoms with Crippen LogP contribution in [-0.4, -0.2) is 97.5 Å². The maximum Gasteiger partial charge on any atom is 0.397 e. The SMILES string of the molecule is CCCCCCCCCCCCCCCCCCCCCCCCCOCC(COC1OC(CO)C(O)C(OS(=O)(=O)O)C1O)OC(=O)CCCCCCCCCCCCCCCCCCCCCCCCC. The van der Waals surface area contributed by atoms with Crippen LogP contribution in [0, 0.1) is 0 Å². The predicted octanol–water partition coefficient (Wildman–Crippen LogP) is 15.9. The maximum absolute atomic E-state index is 13.0. The molecule has 6 atom stereocenters. The van der Waals surface area contributed by atoms with Gasteiger partial charge < -0.3 is 34.3 Å². The van der Waals surface area contributed by atoms with Gasteiger partial charge in [0.2, 0.25) is 0 Å². The van der Waals surface area contributed by atoms with Gasteiger partial charge in [0.1, 0.15) is 30.5 Å². The molecule has 6 unspecified atom stereocenters. The van der Waals surface area contributed by atoms with Gasteiger partial charge in [0.05, 0.1) is 19.8 Å². The first-order valence-electron chi connectivity index (χ1n) is 31.3. The average Bonchev–Trinajstić information content (AvgIpc) is 3.37. The molecule has 0 aromatic rings. The van der Waals surface area contributed by atoms with E-state index >= 15 is 0 Å². The molecule has 0 bridgehead atoms. The van der Waals surface area contributed by atoms with Gasteiger partial charge in [0.15, 0.2) is 6.29 Å². The molecule has 0 spiro atoms. The van der Waals surface area contributed by atoms with Gasteiger partial charge in [-0.2, -0.15) is 8.42 Å². The molecule has 12 nitrogen and oxygen atoms in total. The van der Waals surface area contributed by atoms with Gasteiger partial charge in [-0.25, -0.2) is 4.18 Å². The Balaban J connectivity index is 2.24. The van der Waals surface area contributed by atoms with E-state index in [0.29, 0.717) is 13.0 Å². The van der Waals surface area contributed by atoms with Crippen molar-refractivity contribution in [2.24, 2.45) is 0 Å². The largest absolute Gasteiger partial charge is 0.457 e. The van der Waals surface area contributed by atoms with Gasteiger partial charge in [-0.1, -0.05) is 296 Å². The Morgan fingerprint density at radius 3 is 1.10 bits per heavy atom. The number of esters is 1. The number of carbonyl (C=O) groups excluding carboxylic acids is 1. The van der Waals surface area contributed by atoms with Crippen molar-refractivity contribution in [3.8, 4) is 0 Å². The summed E-state index contributed by atoms with van der Waals surface area (Å²) < 4.78 is 59.5. The third-order valence-corrected chi connectivity index (χ3v) is 15.4. The van der Waals surface area contributed by atoms with Crippen LogP contribution >= 0.6 is 0 Å². The molecule has 0 amide bonds. The highest BCUT2D eigenvalue weighted by Crippen LogP contribution is 2.26. The predicted molar refractivity (Wildman–Crippen MR) is 299 cm³/mol. The Morgan fingerprint density at radius 1 is 0.466 bits per heavy atom. The average molecular weight is 1060 g/mol. The van der Waals surface area contributed by atoms with Crippen LogP contribution in [0.15, 0.2) is 0 Å². The molecule has 0 aliphatic carbocycles. The second-order valence-electron chi connectivity index (χ2n) is 22.0. The van der Waals surface area contributed by atoms with Gasteiger partial charge in [-0.15, -0.1) is 0 Å². The lowest BCUT2D eigenvalue weighted by Crippen LogP contribution is -2.60. The second kappa shape index (κ2) is 51.8. The Morgan fingerprint density at radius 2 is 0.781 bits per heavy atom. The fraction of sp³-hybridized carbons (Fsp3) is 0.983. The standard InChI is InChI=1S/C60H118O12S/c1-3-5-7-9-11-13-15-17-19-21-23-25-27-29-31-33-35-37-39-41-43-45-47-49-56(62)70-54(53-69-60-58(64)59(72-73(65,66)67)57(63)55(51-61)71-60)52-68-50-48-46-44-42-40-38-36-34-32-30-28-26-24-22-20-18-16-14-12-10-8-6-4-2/h54-55,57-61,63-64H,3-53H2,1-2H3,(H,65,66,67). The lowest BCUT2D eigenvalue weighted by Gasteiger charge is -2.41. The van der Waals surface area contributed by atoms with E-state index in [0.717, 1.165) is 38.5 Å². The van der Waals surface area contributed by atoms with Gasteiger partial charge in [0, 0.05) is 13.0 Å². The summed E-state index contributed by atoms with van der Waals surface area (Å²) in [5, 5.41) is 30.9. The highest BCUT2D eigenvalue weighted by atomic mass is 32.3. The zero-order valence-corrected chi connectivity index (χ0v) is 48.3. The molecule has 1 aliphatic heterocycles. The van der Waals surface area contributed by atoms with Crippen LogP contribution in [0.5, 0.6) is 0 Å². The minimum atomic E-state index is -5.06. The summed E-state index contributed by atoms with van der Waals surface area (Å²) in [5.41, 5.74) is 0. The number of unbranched alkanes of at least 4 members (excludes halogenated alkanes) is 44. The van der Waals surface area contributed by atoms with Crippen molar-refractivity contribution < 1.29 is 56.2 Å². The number of hydrogen-bond donors (Lipinski definition) is 4. The zero-order valence-electron chi connectivity index (χ0n) is 47.5. The van der Waals surface area contributed by atoms with E-state index in [9.17, 15) is 33.1 Å². The Hall–Kier alpha value is -0.900. The van der Waals surface area contributed by atoms with E-state index < -0.39 is 53.8 Å². The van der Waals surface area contributed by atoms with Crippen LogP contribution in [-0.2, 0) is 38.3 Å². The molecule has 4 N–H and O–H groups in total. The molecule has 1 aliphatic rings. The molecule has 0 radical (unpaired) electrons. The summed E-state index contributed by atoms with van der Waals surface area (Å²) in [5.74, 6) is -0.387. The van der Waals surface area contributed by atoms with Crippen molar-refractivity contribution in [2.45, 2.75) is 352 Å². The van der Waals surface area contributed by atoms with Crippen molar-refractivity contribution in [3.05, 3.63) is 0 Å². The van der Waals surface area contributed by atoms with Gasteiger partial charge in [0.25, 0.3) is 0 Å². The van der Waals surface area contributed by atoms with Crippen molar-refractivity contribution >= 4 is 16.4 Å². The molecule has 0 aromatic carbocycles. The quantitative estimate of drug-likeness (QED) is 0.0258. The van der Waals surface area contributed by atoms with E-state index in [1.165, 1.54) is 250 Å². The summed E-state index contributed by atoms with van der Waals surface area (Å²) in [6.45, 7) is 4.09. The topological polar surface area (TPSA) is 178 Å². The van der Waals surface area contributed by atoms with E-state index in [2.05, 4.69) is 18.0 Å². The van der Waals surface area contributed by atoms with Crippen LogP contribution in [0.3, 0.4) is 0 Å². The van der Waals surface area contributed by atoms with Crippen molar-refractivity contribution in [2.75, 3.05) is 26.4 Å². The van der Waals surface area contributed by atoms with Crippen LogP contribution in [0.2, 0.25) is 0 Å². The molecule has 436 valence electrons. The van der Waals surface area contributed by atoms with E-state index in [1.54, 1.807) is 0 Å². The van der Waals surface area contributed by atoms with Crippen LogP contribution in [0.25, 0.3) is 0 Å². The van der Waals surface area contributed by atoms with E-state index in [-0.39, 0.29) is 25.6 Å². The molecular formula is C60H118O12S. The lowest BCUT2D eigenvalue weighted by molar-refractivity contribution is -0.301. The van der Waals surface area contributed by atoms with Gasteiger partial charge in [-0.3, -0.25) is 9.35 Å². The van der Waals surface area contributed by atoms with Gasteiger partial charge >= 0.3 is 16.4 Å². The third-order valence-electron chi connectivity index (χ3n) is 15.0. The zero-order chi connectivity index (χ0) is 53.1. The lowest BCUT2D eigenvalue weighted by atomic mass is 9.99. The first-order chi connectivity index (χ1) is 35.6. The summed E-state index contributed by atoms with van der Waals surface area (Å²) in [6, 6.07) is 0. The number of aliphatic hydroxyl groups is 3. The molecule has 0 aromatic heterocycles. The Bertz CT molecular complexity index is 1270. The third kappa shape index (κ3) is 44.7. The summed E-state index contributed by atoms with van der Waals surface area (Å²) >= 11 is 0. The highest BCUT2D eigenvalue weighted by molar-refractivity contribution is 7.80. The fourth-order valence-corrected chi connectivity index (χ4v) is 10.8. The van der Waals surface area contributed by atoms with Crippen LogP contribution in [0.4, 0.5) is 0 Å². The minimum Gasteiger partial charge on any atom is -0.457 e. The van der Waals surface area contributed by atoms with E-state index in [4.69, 9.17) is 18.9 Å². The molecule has 13 heteroatoms. The molecule has 1 saturated heterocycles. The molecule has 1 heterocycles. The normalized spacial score (nSPS) is 18.7. The molecule has 0 saturated carbocycles. The highest BCUT2D eigenvalue weighted by Gasteiger charge is 2.48. The Labute approximate surface area is 449 Å². The van der Waals surface area contributed by atoms with Gasteiger partial charge in [-0.05, 0) is 12.8 Å². The van der Waals surface area contributed by atoms with E-state index in [1.807, 2.05) is 0 Å². The first kappa shape index (κ1) is 70.1. The summed E-state index contributed by atoms with van der Waals surface area (Å²) in [4.78, 5) is 13.0. The maximum atomic E-state index is 13.0. The molecule has 1 fully saturated rings.